The number of para-hydroxylation sites is 1. The van der Waals surface area contributed by atoms with Gasteiger partial charge in [-0.15, -0.1) is 0 Å². The van der Waals surface area contributed by atoms with Gasteiger partial charge in [0.2, 0.25) is 5.95 Å². The molecule has 4 rings (SSSR count). The summed E-state index contributed by atoms with van der Waals surface area (Å²) < 4.78 is 0. The van der Waals surface area contributed by atoms with Crippen LogP contribution in [0.5, 0.6) is 0 Å². The number of nitrogens with one attached hydrogen (secondary N) is 2. The van der Waals surface area contributed by atoms with Gasteiger partial charge in [-0.05, 0) is 68.7 Å². The number of carbonyl (C=O) groups excluding carboxylic acids is 1. The lowest BCUT2D eigenvalue weighted by Crippen LogP contribution is -2.17. The number of aryl methyl sites for hydroxylation is 2. The van der Waals surface area contributed by atoms with Crippen molar-refractivity contribution in [3.05, 3.63) is 71.5 Å². The first-order valence-electron chi connectivity index (χ1n) is 9.93. The number of rotatable bonds is 5. The van der Waals surface area contributed by atoms with Crippen molar-refractivity contribution in [2.24, 2.45) is 0 Å². The summed E-state index contributed by atoms with van der Waals surface area (Å²) in [5.74, 6) is 0.158. The van der Waals surface area contributed by atoms with E-state index in [0.717, 1.165) is 35.7 Å². The first-order valence-corrected chi connectivity index (χ1v) is 9.93. The van der Waals surface area contributed by atoms with Crippen LogP contribution < -0.4 is 15.5 Å². The smallest absolute Gasteiger partial charge is 0.274 e. The average molecular weight is 387 g/mol. The summed E-state index contributed by atoms with van der Waals surface area (Å²) in [5, 5.41) is 6.13. The molecule has 1 saturated heterocycles. The molecule has 0 atom stereocenters. The van der Waals surface area contributed by atoms with Gasteiger partial charge in [0, 0.05) is 35.8 Å². The van der Waals surface area contributed by atoms with E-state index in [4.69, 9.17) is 0 Å². The molecule has 1 amide bonds. The fourth-order valence-electron chi connectivity index (χ4n) is 3.50. The maximum atomic E-state index is 12.7. The number of amides is 1. The van der Waals surface area contributed by atoms with Crippen LogP contribution in [0.15, 0.2) is 54.6 Å². The monoisotopic (exact) mass is 387 g/mol. The van der Waals surface area contributed by atoms with E-state index in [9.17, 15) is 4.79 Å². The predicted molar refractivity (Wildman–Crippen MR) is 117 cm³/mol. The largest absolute Gasteiger partial charge is 0.372 e. The molecule has 148 valence electrons. The highest BCUT2D eigenvalue weighted by Crippen LogP contribution is 2.23. The summed E-state index contributed by atoms with van der Waals surface area (Å²) in [5.41, 5.74) is 4.97. The predicted octanol–water partition coefficient (Wildman–Crippen LogP) is 4.69. The number of carbonyl (C=O) groups is 1. The van der Waals surface area contributed by atoms with Crippen molar-refractivity contribution in [1.29, 1.82) is 0 Å². The average Bonchev–Trinajstić information content (AvgIpc) is 3.25. The fraction of sp³-hybridized carbons (Fsp3) is 0.261. The Hall–Kier alpha value is -3.41. The van der Waals surface area contributed by atoms with Gasteiger partial charge < -0.3 is 15.5 Å². The molecule has 2 heterocycles. The first kappa shape index (κ1) is 18.9. The molecule has 0 aliphatic carbocycles. The third kappa shape index (κ3) is 4.54. The molecular weight excluding hydrogens is 362 g/mol. The molecule has 3 aromatic rings. The second-order valence-electron chi connectivity index (χ2n) is 7.35. The topological polar surface area (TPSA) is 70.2 Å². The van der Waals surface area contributed by atoms with Crippen molar-refractivity contribution in [2.75, 3.05) is 28.6 Å². The number of nitrogens with zero attached hydrogens (tertiary/aromatic N) is 3. The van der Waals surface area contributed by atoms with Crippen LogP contribution >= 0.6 is 0 Å². The van der Waals surface area contributed by atoms with Crippen molar-refractivity contribution < 1.29 is 4.79 Å². The van der Waals surface area contributed by atoms with E-state index >= 15 is 0 Å². The fourth-order valence-corrected chi connectivity index (χ4v) is 3.50. The normalized spacial score (nSPS) is 13.4. The highest BCUT2D eigenvalue weighted by molar-refractivity contribution is 6.03. The zero-order chi connectivity index (χ0) is 20.2. The standard InChI is InChI=1S/C23H25N5O/c1-16-7-3-4-8-20(16)26-22(29)21-15-17(2)24-23(27-21)25-18-9-11-19(12-10-18)28-13-5-6-14-28/h3-4,7-12,15H,5-6,13-14H2,1-2H3,(H,26,29)(H,24,25,27). The van der Waals surface area contributed by atoms with E-state index in [0.29, 0.717) is 11.6 Å². The molecule has 0 saturated carbocycles. The van der Waals surface area contributed by atoms with E-state index in [-0.39, 0.29) is 5.91 Å². The van der Waals surface area contributed by atoms with Crippen LogP contribution in [0.1, 0.15) is 34.6 Å². The molecule has 1 aliphatic rings. The van der Waals surface area contributed by atoms with Crippen LogP contribution in [0.3, 0.4) is 0 Å². The molecule has 0 bridgehead atoms. The summed E-state index contributed by atoms with van der Waals surface area (Å²) >= 11 is 0. The van der Waals surface area contributed by atoms with Gasteiger partial charge in [-0.3, -0.25) is 4.79 Å². The van der Waals surface area contributed by atoms with Crippen molar-refractivity contribution in [1.82, 2.24) is 9.97 Å². The lowest BCUT2D eigenvalue weighted by Gasteiger charge is -2.17. The van der Waals surface area contributed by atoms with Crippen LogP contribution in [0.2, 0.25) is 0 Å². The maximum Gasteiger partial charge on any atom is 0.274 e. The van der Waals surface area contributed by atoms with Gasteiger partial charge in [-0.1, -0.05) is 18.2 Å². The second-order valence-corrected chi connectivity index (χ2v) is 7.35. The van der Waals surface area contributed by atoms with Crippen molar-refractivity contribution >= 4 is 28.9 Å². The summed E-state index contributed by atoms with van der Waals surface area (Å²) in [7, 11) is 0. The van der Waals surface area contributed by atoms with Crippen LogP contribution in [0.4, 0.5) is 23.0 Å². The molecule has 0 radical (unpaired) electrons. The lowest BCUT2D eigenvalue weighted by molar-refractivity contribution is 0.102. The van der Waals surface area contributed by atoms with Crippen LogP contribution in [0, 0.1) is 13.8 Å². The molecular formula is C23H25N5O. The summed E-state index contributed by atoms with van der Waals surface area (Å²) in [4.78, 5) is 23.9. The SMILES string of the molecule is Cc1cc(C(=O)Nc2ccccc2C)nc(Nc2ccc(N3CCCC3)cc2)n1. The molecule has 6 heteroatoms. The van der Waals surface area contributed by atoms with Crippen molar-refractivity contribution in [2.45, 2.75) is 26.7 Å². The molecule has 1 aliphatic heterocycles. The van der Waals surface area contributed by atoms with Crippen LogP contribution in [0.25, 0.3) is 0 Å². The molecule has 0 unspecified atom stereocenters. The van der Waals surface area contributed by atoms with Gasteiger partial charge >= 0.3 is 0 Å². The third-order valence-corrected chi connectivity index (χ3v) is 5.07. The minimum Gasteiger partial charge on any atom is -0.372 e. The van der Waals surface area contributed by atoms with Gasteiger partial charge in [-0.25, -0.2) is 9.97 Å². The first-order chi connectivity index (χ1) is 14.1. The highest BCUT2D eigenvalue weighted by Gasteiger charge is 2.14. The molecule has 29 heavy (non-hydrogen) atoms. The Balaban J connectivity index is 1.49. The highest BCUT2D eigenvalue weighted by atomic mass is 16.1. The molecule has 2 aromatic carbocycles. The van der Waals surface area contributed by atoms with Gasteiger partial charge in [0.05, 0.1) is 0 Å². The van der Waals surface area contributed by atoms with E-state index in [2.05, 4.69) is 37.6 Å². The van der Waals surface area contributed by atoms with E-state index in [1.807, 2.05) is 50.2 Å². The van der Waals surface area contributed by atoms with E-state index < -0.39 is 0 Å². The Labute approximate surface area is 171 Å². The van der Waals surface area contributed by atoms with Gasteiger partial charge in [0.15, 0.2) is 0 Å². The quantitative estimate of drug-likeness (QED) is 0.665. The van der Waals surface area contributed by atoms with Gasteiger partial charge in [0.25, 0.3) is 5.91 Å². The zero-order valence-corrected chi connectivity index (χ0v) is 16.8. The maximum absolute atomic E-state index is 12.7. The zero-order valence-electron chi connectivity index (χ0n) is 16.8. The summed E-state index contributed by atoms with van der Waals surface area (Å²) in [6, 6.07) is 17.6. The van der Waals surface area contributed by atoms with Gasteiger partial charge in [-0.2, -0.15) is 0 Å². The number of hydrogen-bond acceptors (Lipinski definition) is 5. The van der Waals surface area contributed by atoms with Crippen molar-refractivity contribution in [3.63, 3.8) is 0 Å². The van der Waals surface area contributed by atoms with Crippen LogP contribution in [-0.4, -0.2) is 29.0 Å². The molecule has 1 fully saturated rings. The van der Waals surface area contributed by atoms with E-state index in [1.165, 1.54) is 18.5 Å². The van der Waals surface area contributed by atoms with Gasteiger partial charge in [0.1, 0.15) is 5.69 Å². The number of anilines is 4. The molecule has 2 N–H and O–H groups in total. The van der Waals surface area contributed by atoms with Crippen molar-refractivity contribution in [3.8, 4) is 0 Å². The minimum atomic E-state index is -0.253. The minimum absolute atomic E-state index is 0.253. The summed E-state index contributed by atoms with van der Waals surface area (Å²) in [6.45, 7) is 6.05. The lowest BCUT2D eigenvalue weighted by atomic mass is 10.2. The van der Waals surface area contributed by atoms with E-state index in [1.54, 1.807) is 6.07 Å². The third-order valence-electron chi connectivity index (χ3n) is 5.07. The molecule has 6 nitrogen and oxygen atoms in total. The Kier molecular flexibility index (Phi) is 5.42. The Morgan fingerprint density at radius 1 is 0.966 bits per heavy atom. The second kappa shape index (κ2) is 8.31. The Morgan fingerprint density at radius 2 is 1.69 bits per heavy atom. The molecule has 0 spiro atoms. The summed E-state index contributed by atoms with van der Waals surface area (Å²) in [6.07, 6.45) is 2.51. The van der Waals surface area contributed by atoms with Crippen LogP contribution in [-0.2, 0) is 0 Å². The number of benzene rings is 2. The number of aromatic nitrogens is 2. The Bertz CT molecular complexity index is 1010. The molecule has 1 aromatic heterocycles. The number of hydrogen-bond donors (Lipinski definition) is 2. The Morgan fingerprint density at radius 3 is 2.41 bits per heavy atom.